The summed E-state index contributed by atoms with van der Waals surface area (Å²) in [5.41, 5.74) is 7.34. The number of hydrogen-bond acceptors (Lipinski definition) is 2. The summed E-state index contributed by atoms with van der Waals surface area (Å²) in [5, 5.41) is 0. The molecule has 0 aliphatic carbocycles. The smallest absolute Gasteiger partial charge is 0.159 e. The molecule has 2 N–H and O–H groups in total. The second-order valence-corrected chi connectivity index (χ2v) is 4.65. The van der Waals surface area contributed by atoms with Gasteiger partial charge in [0.2, 0.25) is 0 Å². The molecular weight excluding hydrogens is 258 g/mol. The van der Waals surface area contributed by atoms with Crippen molar-refractivity contribution in [2.24, 2.45) is 5.73 Å². The molecule has 0 aliphatic rings. The topological polar surface area (TPSA) is 29.3 Å². The Labute approximate surface area is 117 Å². The van der Waals surface area contributed by atoms with Crippen LogP contribution >= 0.6 is 0 Å². The highest BCUT2D eigenvalue weighted by Gasteiger charge is 2.09. The summed E-state index contributed by atoms with van der Waals surface area (Å²) in [6, 6.07) is 13.9. The van der Waals surface area contributed by atoms with Crippen LogP contribution in [0.1, 0.15) is 12.0 Å². The first-order valence-electron chi connectivity index (χ1n) is 6.64. The maximum Gasteiger partial charge on any atom is 0.159 e. The Morgan fingerprint density at radius 1 is 0.950 bits per heavy atom. The first-order valence-corrected chi connectivity index (χ1v) is 6.64. The predicted octanol–water partition coefficient (Wildman–Crippen LogP) is 3.32. The quantitative estimate of drug-likeness (QED) is 0.877. The maximum atomic E-state index is 13.3. The monoisotopic (exact) mass is 276 g/mol. The van der Waals surface area contributed by atoms with E-state index < -0.39 is 11.6 Å². The van der Waals surface area contributed by atoms with Crippen LogP contribution < -0.4 is 10.6 Å². The van der Waals surface area contributed by atoms with Crippen LogP contribution in [-0.2, 0) is 6.54 Å². The van der Waals surface area contributed by atoms with Gasteiger partial charge in [0, 0.05) is 18.8 Å². The summed E-state index contributed by atoms with van der Waals surface area (Å²) in [6.07, 6.45) is 0.846. The molecule has 0 fully saturated rings. The third kappa shape index (κ3) is 3.78. The van der Waals surface area contributed by atoms with Gasteiger partial charge in [0.15, 0.2) is 11.6 Å². The molecule has 0 aromatic heterocycles. The van der Waals surface area contributed by atoms with E-state index in [1.807, 2.05) is 30.3 Å². The number of benzene rings is 2. The van der Waals surface area contributed by atoms with Crippen LogP contribution in [0.15, 0.2) is 48.5 Å². The van der Waals surface area contributed by atoms with Crippen molar-refractivity contribution in [2.45, 2.75) is 13.0 Å². The van der Waals surface area contributed by atoms with E-state index in [1.165, 1.54) is 6.07 Å². The first-order chi connectivity index (χ1) is 9.70. The van der Waals surface area contributed by atoms with E-state index in [0.29, 0.717) is 13.1 Å². The Morgan fingerprint density at radius 3 is 2.35 bits per heavy atom. The molecule has 2 nitrogen and oxygen atoms in total. The highest BCUT2D eigenvalue weighted by Crippen LogP contribution is 2.18. The van der Waals surface area contributed by atoms with Gasteiger partial charge < -0.3 is 10.6 Å². The lowest BCUT2D eigenvalue weighted by Crippen LogP contribution is -2.25. The number of nitrogens with zero attached hydrogens (tertiary/aromatic N) is 1. The molecule has 0 bridgehead atoms. The molecule has 4 heteroatoms. The van der Waals surface area contributed by atoms with Crippen molar-refractivity contribution in [1.29, 1.82) is 0 Å². The SMILES string of the molecule is NCCCN(Cc1ccc(F)c(F)c1)c1ccccc1. The summed E-state index contributed by atoms with van der Waals surface area (Å²) in [6.45, 7) is 1.90. The summed E-state index contributed by atoms with van der Waals surface area (Å²) >= 11 is 0. The molecule has 0 amide bonds. The highest BCUT2D eigenvalue weighted by atomic mass is 19.2. The number of halogens is 2. The average Bonchev–Trinajstić information content (AvgIpc) is 2.48. The molecule has 0 atom stereocenters. The highest BCUT2D eigenvalue weighted by molar-refractivity contribution is 5.46. The molecule has 0 unspecified atom stereocenters. The molecule has 0 heterocycles. The number of nitrogens with two attached hydrogens (primary N) is 1. The lowest BCUT2D eigenvalue weighted by Gasteiger charge is -2.25. The van der Waals surface area contributed by atoms with E-state index in [1.54, 1.807) is 6.07 Å². The van der Waals surface area contributed by atoms with Gasteiger partial charge in [-0.3, -0.25) is 0 Å². The Kier molecular flexibility index (Phi) is 5.07. The van der Waals surface area contributed by atoms with Gasteiger partial charge in [0.05, 0.1) is 0 Å². The van der Waals surface area contributed by atoms with Crippen LogP contribution in [0.5, 0.6) is 0 Å². The Hall–Kier alpha value is -1.94. The predicted molar refractivity (Wildman–Crippen MR) is 77.5 cm³/mol. The van der Waals surface area contributed by atoms with Gasteiger partial charge >= 0.3 is 0 Å². The van der Waals surface area contributed by atoms with Crippen LogP contribution in [-0.4, -0.2) is 13.1 Å². The third-order valence-electron chi connectivity index (χ3n) is 3.11. The fourth-order valence-corrected chi connectivity index (χ4v) is 2.08. The van der Waals surface area contributed by atoms with E-state index in [4.69, 9.17) is 5.73 Å². The van der Waals surface area contributed by atoms with Crippen molar-refractivity contribution in [3.05, 3.63) is 65.7 Å². The Bertz CT molecular complexity index is 543. The fourth-order valence-electron chi connectivity index (χ4n) is 2.08. The van der Waals surface area contributed by atoms with Crippen LogP contribution in [0.2, 0.25) is 0 Å². The first kappa shape index (κ1) is 14.5. The van der Waals surface area contributed by atoms with Crippen molar-refractivity contribution in [1.82, 2.24) is 0 Å². The van der Waals surface area contributed by atoms with Crippen LogP contribution in [0.3, 0.4) is 0 Å². The minimum absolute atomic E-state index is 0.529. The number of para-hydroxylation sites is 1. The van der Waals surface area contributed by atoms with Crippen molar-refractivity contribution in [3.63, 3.8) is 0 Å². The normalized spacial score (nSPS) is 10.6. The minimum Gasteiger partial charge on any atom is -0.367 e. The van der Waals surface area contributed by atoms with Gasteiger partial charge in [-0.05, 0) is 42.8 Å². The lowest BCUT2D eigenvalue weighted by atomic mass is 10.1. The summed E-state index contributed by atoms with van der Waals surface area (Å²) in [4.78, 5) is 2.11. The average molecular weight is 276 g/mol. The largest absolute Gasteiger partial charge is 0.367 e. The molecule has 2 rings (SSSR count). The summed E-state index contributed by atoms with van der Waals surface area (Å²) in [5.74, 6) is -1.63. The molecule has 0 saturated heterocycles. The van der Waals surface area contributed by atoms with Crippen LogP contribution in [0.25, 0.3) is 0 Å². The molecule has 0 radical (unpaired) electrons. The molecule has 0 aliphatic heterocycles. The molecular formula is C16H18F2N2. The van der Waals surface area contributed by atoms with Crippen LogP contribution in [0.4, 0.5) is 14.5 Å². The zero-order chi connectivity index (χ0) is 14.4. The van der Waals surface area contributed by atoms with E-state index in [9.17, 15) is 8.78 Å². The fraction of sp³-hybridized carbons (Fsp3) is 0.250. The number of rotatable bonds is 6. The Balaban J connectivity index is 2.17. The molecule has 2 aromatic carbocycles. The minimum atomic E-state index is -0.818. The standard InChI is InChI=1S/C16H18F2N2/c17-15-8-7-13(11-16(15)18)12-20(10-4-9-19)14-5-2-1-3-6-14/h1-3,5-8,11H,4,9-10,12,19H2. The molecule has 0 spiro atoms. The Morgan fingerprint density at radius 2 is 1.70 bits per heavy atom. The van der Waals surface area contributed by atoms with E-state index in [2.05, 4.69) is 4.90 Å². The number of anilines is 1. The number of hydrogen-bond donors (Lipinski definition) is 1. The van der Waals surface area contributed by atoms with E-state index in [-0.39, 0.29) is 0 Å². The second kappa shape index (κ2) is 7.01. The molecule has 0 saturated carbocycles. The zero-order valence-electron chi connectivity index (χ0n) is 11.2. The van der Waals surface area contributed by atoms with E-state index in [0.717, 1.165) is 30.3 Å². The zero-order valence-corrected chi connectivity index (χ0v) is 11.2. The van der Waals surface area contributed by atoms with Gasteiger partial charge in [-0.15, -0.1) is 0 Å². The van der Waals surface area contributed by atoms with E-state index >= 15 is 0 Å². The lowest BCUT2D eigenvalue weighted by molar-refractivity contribution is 0.506. The summed E-state index contributed by atoms with van der Waals surface area (Å²) in [7, 11) is 0. The third-order valence-corrected chi connectivity index (χ3v) is 3.11. The van der Waals surface area contributed by atoms with Crippen LogP contribution in [0, 0.1) is 11.6 Å². The molecule has 20 heavy (non-hydrogen) atoms. The van der Waals surface area contributed by atoms with Crippen molar-refractivity contribution < 1.29 is 8.78 Å². The molecule has 2 aromatic rings. The van der Waals surface area contributed by atoms with Gasteiger partial charge in [0.1, 0.15) is 0 Å². The van der Waals surface area contributed by atoms with Gasteiger partial charge in [0.25, 0.3) is 0 Å². The molecule has 106 valence electrons. The van der Waals surface area contributed by atoms with Gasteiger partial charge in [-0.1, -0.05) is 24.3 Å². The second-order valence-electron chi connectivity index (χ2n) is 4.65. The van der Waals surface area contributed by atoms with Crippen molar-refractivity contribution in [2.75, 3.05) is 18.0 Å². The van der Waals surface area contributed by atoms with Crippen molar-refractivity contribution in [3.8, 4) is 0 Å². The maximum absolute atomic E-state index is 13.3. The summed E-state index contributed by atoms with van der Waals surface area (Å²) < 4.78 is 26.2. The van der Waals surface area contributed by atoms with Gasteiger partial charge in [-0.25, -0.2) is 8.78 Å². The van der Waals surface area contributed by atoms with Crippen molar-refractivity contribution >= 4 is 5.69 Å². The van der Waals surface area contributed by atoms with Gasteiger partial charge in [-0.2, -0.15) is 0 Å².